The van der Waals surface area contributed by atoms with Gasteiger partial charge in [0.05, 0.1) is 11.4 Å². The van der Waals surface area contributed by atoms with Crippen molar-refractivity contribution in [2.75, 3.05) is 0 Å². The highest BCUT2D eigenvalue weighted by Crippen LogP contribution is 2.08. The van der Waals surface area contributed by atoms with Crippen molar-refractivity contribution in [3.05, 3.63) is 34.9 Å². The molecular formula is C12H18N4. The summed E-state index contributed by atoms with van der Waals surface area (Å²) in [7, 11) is 3.97. The van der Waals surface area contributed by atoms with Crippen LogP contribution in [-0.4, -0.2) is 19.6 Å². The molecule has 2 heterocycles. The number of rotatable bonds is 3. The molecule has 86 valence electrons. The van der Waals surface area contributed by atoms with Crippen LogP contribution in [-0.2, 0) is 26.9 Å². The minimum atomic E-state index is 0.973. The van der Waals surface area contributed by atoms with Crippen molar-refractivity contribution in [3.8, 4) is 0 Å². The Morgan fingerprint density at radius 3 is 2.25 bits per heavy atom. The van der Waals surface area contributed by atoms with Gasteiger partial charge in [0, 0.05) is 25.5 Å². The molecule has 0 saturated carbocycles. The van der Waals surface area contributed by atoms with Gasteiger partial charge in [-0.3, -0.25) is 9.36 Å². The molecule has 0 bridgehead atoms. The highest BCUT2D eigenvalue weighted by Gasteiger charge is 2.05. The summed E-state index contributed by atoms with van der Waals surface area (Å²) in [5, 5.41) is 8.79. The predicted octanol–water partition coefficient (Wildman–Crippen LogP) is 1.56. The smallest absolute Gasteiger partial charge is 0.0631 e. The quantitative estimate of drug-likeness (QED) is 0.783. The maximum atomic E-state index is 4.45. The SMILES string of the molecule is Cc1cc(CCc2cc(C)n(C)n2)n(C)n1. The fraction of sp³-hybridized carbons (Fsp3) is 0.500. The van der Waals surface area contributed by atoms with Gasteiger partial charge >= 0.3 is 0 Å². The van der Waals surface area contributed by atoms with E-state index < -0.39 is 0 Å². The molecule has 0 saturated heterocycles. The Morgan fingerprint density at radius 1 is 1.00 bits per heavy atom. The van der Waals surface area contributed by atoms with E-state index in [2.05, 4.69) is 29.3 Å². The van der Waals surface area contributed by atoms with E-state index in [0.29, 0.717) is 0 Å². The van der Waals surface area contributed by atoms with Gasteiger partial charge < -0.3 is 0 Å². The molecule has 2 rings (SSSR count). The Kier molecular flexibility index (Phi) is 2.81. The molecule has 4 nitrogen and oxygen atoms in total. The lowest BCUT2D eigenvalue weighted by atomic mass is 10.2. The van der Waals surface area contributed by atoms with Crippen molar-refractivity contribution >= 4 is 0 Å². The largest absolute Gasteiger partial charge is 0.273 e. The first-order chi connectivity index (χ1) is 7.56. The summed E-state index contributed by atoms with van der Waals surface area (Å²) in [6.45, 7) is 4.10. The average Bonchev–Trinajstić information content (AvgIpc) is 2.68. The van der Waals surface area contributed by atoms with Crippen molar-refractivity contribution in [1.29, 1.82) is 0 Å². The lowest BCUT2D eigenvalue weighted by molar-refractivity contribution is 0.681. The first-order valence-electron chi connectivity index (χ1n) is 5.55. The Hall–Kier alpha value is -1.58. The molecule has 4 heteroatoms. The highest BCUT2D eigenvalue weighted by molar-refractivity contribution is 5.13. The topological polar surface area (TPSA) is 35.6 Å². The minimum absolute atomic E-state index is 0.973. The molecule has 0 radical (unpaired) electrons. The first kappa shape index (κ1) is 10.9. The molecule has 0 aliphatic carbocycles. The van der Waals surface area contributed by atoms with E-state index in [4.69, 9.17) is 0 Å². The second kappa shape index (κ2) is 4.12. The molecule has 2 aromatic rings. The van der Waals surface area contributed by atoms with Gasteiger partial charge in [0.15, 0.2) is 0 Å². The summed E-state index contributed by atoms with van der Waals surface area (Å²) < 4.78 is 3.87. The normalized spacial score (nSPS) is 11.0. The minimum Gasteiger partial charge on any atom is -0.273 e. The predicted molar refractivity (Wildman–Crippen MR) is 63.3 cm³/mol. The molecule has 0 amide bonds. The Bertz CT molecular complexity index is 474. The van der Waals surface area contributed by atoms with Gasteiger partial charge in [-0.15, -0.1) is 0 Å². The molecule has 2 aromatic heterocycles. The fourth-order valence-corrected chi connectivity index (χ4v) is 1.91. The van der Waals surface area contributed by atoms with Crippen molar-refractivity contribution in [3.63, 3.8) is 0 Å². The molecule has 0 aromatic carbocycles. The summed E-state index contributed by atoms with van der Waals surface area (Å²) in [4.78, 5) is 0. The van der Waals surface area contributed by atoms with Crippen LogP contribution in [0.3, 0.4) is 0 Å². The summed E-state index contributed by atoms with van der Waals surface area (Å²) in [6, 6.07) is 4.28. The maximum Gasteiger partial charge on any atom is 0.0631 e. The molecule has 16 heavy (non-hydrogen) atoms. The van der Waals surface area contributed by atoms with Crippen LogP contribution >= 0.6 is 0 Å². The van der Waals surface area contributed by atoms with Crippen LogP contribution in [0, 0.1) is 13.8 Å². The van der Waals surface area contributed by atoms with Crippen LogP contribution < -0.4 is 0 Å². The van der Waals surface area contributed by atoms with Crippen LogP contribution in [0.4, 0.5) is 0 Å². The van der Waals surface area contributed by atoms with E-state index in [-0.39, 0.29) is 0 Å². The van der Waals surface area contributed by atoms with Crippen LogP contribution in [0.15, 0.2) is 12.1 Å². The fourth-order valence-electron chi connectivity index (χ4n) is 1.91. The second-order valence-electron chi connectivity index (χ2n) is 4.30. The summed E-state index contributed by atoms with van der Waals surface area (Å²) in [6.07, 6.45) is 1.97. The summed E-state index contributed by atoms with van der Waals surface area (Å²) in [5.74, 6) is 0. The highest BCUT2D eigenvalue weighted by atomic mass is 15.3. The number of aromatic nitrogens is 4. The summed E-state index contributed by atoms with van der Waals surface area (Å²) >= 11 is 0. The van der Waals surface area contributed by atoms with Gasteiger partial charge in [-0.2, -0.15) is 10.2 Å². The zero-order chi connectivity index (χ0) is 11.7. The lowest BCUT2D eigenvalue weighted by Gasteiger charge is -1.99. The van der Waals surface area contributed by atoms with E-state index in [1.54, 1.807) is 0 Å². The van der Waals surface area contributed by atoms with E-state index in [1.165, 1.54) is 11.4 Å². The number of hydrogen-bond acceptors (Lipinski definition) is 2. The Morgan fingerprint density at radius 2 is 1.75 bits per heavy atom. The van der Waals surface area contributed by atoms with Gasteiger partial charge in [0.1, 0.15) is 0 Å². The van der Waals surface area contributed by atoms with Crippen LogP contribution in [0.1, 0.15) is 22.8 Å². The van der Waals surface area contributed by atoms with E-state index >= 15 is 0 Å². The summed E-state index contributed by atoms with van der Waals surface area (Å²) in [5.41, 5.74) is 4.70. The van der Waals surface area contributed by atoms with Crippen molar-refractivity contribution < 1.29 is 0 Å². The first-order valence-corrected chi connectivity index (χ1v) is 5.55. The second-order valence-corrected chi connectivity index (χ2v) is 4.30. The number of nitrogens with zero attached hydrogens (tertiary/aromatic N) is 4. The number of hydrogen-bond donors (Lipinski definition) is 0. The molecule has 0 aliphatic rings. The molecule has 0 atom stereocenters. The molecule has 0 spiro atoms. The van der Waals surface area contributed by atoms with Crippen LogP contribution in [0.25, 0.3) is 0 Å². The van der Waals surface area contributed by atoms with E-state index in [1.807, 2.05) is 30.4 Å². The van der Waals surface area contributed by atoms with Crippen molar-refractivity contribution in [2.45, 2.75) is 26.7 Å². The van der Waals surface area contributed by atoms with Gasteiger partial charge in [-0.25, -0.2) is 0 Å². The molecule has 0 fully saturated rings. The third kappa shape index (κ3) is 2.15. The zero-order valence-electron chi connectivity index (χ0n) is 10.4. The average molecular weight is 218 g/mol. The van der Waals surface area contributed by atoms with Crippen LogP contribution in [0.5, 0.6) is 0 Å². The van der Waals surface area contributed by atoms with Gasteiger partial charge in [0.2, 0.25) is 0 Å². The molecule has 0 aliphatic heterocycles. The standard InChI is InChI=1S/C12H18N4/c1-9-7-12(16(4)13-9)6-5-11-8-10(2)15(3)14-11/h7-8H,5-6H2,1-4H3. The third-order valence-corrected chi connectivity index (χ3v) is 2.90. The molecular weight excluding hydrogens is 200 g/mol. The van der Waals surface area contributed by atoms with Gasteiger partial charge in [-0.05, 0) is 38.8 Å². The third-order valence-electron chi connectivity index (χ3n) is 2.90. The van der Waals surface area contributed by atoms with E-state index in [9.17, 15) is 0 Å². The van der Waals surface area contributed by atoms with Gasteiger partial charge in [0.25, 0.3) is 0 Å². The Labute approximate surface area is 95.9 Å². The van der Waals surface area contributed by atoms with Gasteiger partial charge in [-0.1, -0.05) is 0 Å². The van der Waals surface area contributed by atoms with E-state index in [0.717, 1.165) is 24.2 Å². The monoisotopic (exact) mass is 218 g/mol. The molecule has 0 N–H and O–H groups in total. The van der Waals surface area contributed by atoms with Crippen molar-refractivity contribution in [1.82, 2.24) is 19.6 Å². The van der Waals surface area contributed by atoms with Crippen LogP contribution in [0.2, 0.25) is 0 Å². The zero-order valence-corrected chi connectivity index (χ0v) is 10.4. The lowest BCUT2D eigenvalue weighted by Crippen LogP contribution is -2.01. The maximum absolute atomic E-state index is 4.45. The molecule has 0 unspecified atom stereocenters. The number of aryl methyl sites for hydroxylation is 6. The van der Waals surface area contributed by atoms with Crippen molar-refractivity contribution in [2.24, 2.45) is 14.1 Å². The Balaban J connectivity index is 2.04.